The van der Waals surface area contributed by atoms with Crippen molar-refractivity contribution in [1.29, 1.82) is 0 Å². The van der Waals surface area contributed by atoms with Crippen LogP contribution in [-0.2, 0) is 13.1 Å². The Morgan fingerprint density at radius 2 is 1.06 bits per heavy atom. The number of aromatic nitrogens is 2. The molecule has 0 saturated carbocycles. The first-order valence-corrected chi connectivity index (χ1v) is 8.79. The highest BCUT2D eigenvalue weighted by atomic mass is 19.2. The summed E-state index contributed by atoms with van der Waals surface area (Å²) in [4.78, 5) is 24.6. The van der Waals surface area contributed by atoms with Crippen LogP contribution in [0, 0.1) is 23.3 Å². The number of aromatic hydroxyl groups is 1. The first-order valence-electron chi connectivity index (χ1n) is 8.79. The van der Waals surface area contributed by atoms with Crippen LogP contribution < -0.4 is 11.2 Å². The Balaban J connectivity index is 1.94. The molecule has 2 aromatic carbocycles. The average molecular weight is 444 g/mol. The van der Waals surface area contributed by atoms with Gasteiger partial charge in [-0.1, -0.05) is 0 Å². The zero-order valence-electron chi connectivity index (χ0n) is 15.5. The second kappa shape index (κ2) is 8.70. The predicted octanol–water partition coefficient (Wildman–Crippen LogP) is 3.69. The molecule has 164 valence electrons. The molecule has 5 nitrogen and oxygen atoms in total. The van der Waals surface area contributed by atoms with Gasteiger partial charge in [0.2, 0.25) is 5.88 Å². The number of halogens is 6. The van der Waals surface area contributed by atoms with E-state index < -0.39 is 77.0 Å². The van der Waals surface area contributed by atoms with Crippen LogP contribution in [0.5, 0.6) is 5.88 Å². The van der Waals surface area contributed by atoms with E-state index in [4.69, 9.17) is 0 Å². The van der Waals surface area contributed by atoms with E-state index in [1.807, 2.05) is 0 Å². The molecule has 2 atom stereocenters. The summed E-state index contributed by atoms with van der Waals surface area (Å²) in [6.07, 6.45) is -4.36. The van der Waals surface area contributed by atoms with Crippen molar-refractivity contribution < 1.29 is 31.4 Å². The maximum absolute atomic E-state index is 14.5. The lowest BCUT2D eigenvalue weighted by molar-refractivity contribution is 0.260. The lowest BCUT2D eigenvalue weighted by Crippen LogP contribution is -2.40. The van der Waals surface area contributed by atoms with Gasteiger partial charge in [0.1, 0.15) is 35.6 Å². The van der Waals surface area contributed by atoms with E-state index in [0.29, 0.717) is 51.6 Å². The molecule has 0 fully saturated rings. The summed E-state index contributed by atoms with van der Waals surface area (Å²) in [5, 5.41) is 9.87. The first kappa shape index (κ1) is 22.2. The number of rotatable bonds is 6. The average Bonchev–Trinajstić information content (AvgIpc) is 2.66. The lowest BCUT2D eigenvalue weighted by atomic mass is 10.1. The molecule has 0 aliphatic heterocycles. The SMILES string of the molecule is O=c1cc(O)n(C[C@H](F)c2cc(F)cc(F)c2)c(=O)n1C[C@H](F)c1cc(F)cc(F)c1. The van der Waals surface area contributed by atoms with Crippen molar-refractivity contribution in [3.8, 4) is 5.88 Å². The highest BCUT2D eigenvalue weighted by molar-refractivity contribution is 5.22. The van der Waals surface area contributed by atoms with Gasteiger partial charge in [0, 0.05) is 12.1 Å². The minimum Gasteiger partial charge on any atom is -0.494 e. The molecule has 1 heterocycles. The van der Waals surface area contributed by atoms with Crippen LogP contribution in [0.4, 0.5) is 26.3 Å². The minimum atomic E-state index is -2.19. The van der Waals surface area contributed by atoms with E-state index in [2.05, 4.69) is 0 Å². The van der Waals surface area contributed by atoms with Crippen LogP contribution in [0.2, 0.25) is 0 Å². The molecule has 0 unspecified atom stereocenters. The number of alkyl halides is 2. The van der Waals surface area contributed by atoms with E-state index in [1.54, 1.807) is 0 Å². The monoisotopic (exact) mass is 444 g/mol. The maximum Gasteiger partial charge on any atom is 0.333 e. The highest BCUT2D eigenvalue weighted by Gasteiger charge is 2.21. The Morgan fingerprint density at radius 3 is 1.48 bits per heavy atom. The van der Waals surface area contributed by atoms with Crippen molar-refractivity contribution in [2.24, 2.45) is 0 Å². The largest absolute Gasteiger partial charge is 0.494 e. The third-order valence-electron chi connectivity index (χ3n) is 4.44. The Hall–Kier alpha value is -3.50. The van der Waals surface area contributed by atoms with Crippen LogP contribution in [0.1, 0.15) is 23.5 Å². The fraction of sp³-hybridized carbons (Fsp3) is 0.200. The van der Waals surface area contributed by atoms with Gasteiger partial charge in [0.05, 0.1) is 19.2 Å². The summed E-state index contributed by atoms with van der Waals surface area (Å²) in [7, 11) is 0. The van der Waals surface area contributed by atoms with Gasteiger partial charge in [0.25, 0.3) is 5.56 Å². The van der Waals surface area contributed by atoms with Crippen LogP contribution >= 0.6 is 0 Å². The van der Waals surface area contributed by atoms with Gasteiger partial charge >= 0.3 is 5.69 Å². The molecule has 3 aromatic rings. The zero-order valence-corrected chi connectivity index (χ0v) is 15.5. The molecule has 0 aliphatic carbocycles. The van der Waals surface area contributed by atoms with E-state index in [0.717, 1.165) is 0 Å². The Labute approximate surface area is 170 Å². The predicted molar refractivity (Wildman–Crippen MR) is 97.0 cm³/mol. The summed E-state index contributed by atoms with van der Waals surface area (Å²) >= 11 is 0. The molecule has 0 aliphatic rings. The molecule has 0 spiro atoms. The third-order valence-corrected chi connectivity index (χ3v) is 4.44. The van der Waals surface area contributed by atoms with Crippen LogP contribution in [0.3, 0.4) is 0 Å². The minimum absolute atomic E-state index is 0.298. The van der Waals surface area contributed by atoms with E-state index in [1.165, 1.54) is 0 Å². The van der Waals surface area contributed by atoms with E-state index in [-0.39, 0.29) is 0 Å². The zero-order chi connectivity index (χ0) is 22.9. The van der Waals surface area contributed by atoms with Gasteiger partial charge in [-0.05, 0) is 35.4 Å². The summed E-state index contributed by atoms with van der Waals surface area (Å²) in [6, 6.07) is 4.24. The van der Waals surface area contributed by atoms with Gasteiger partial charge in [0.15, 0.2) is 0 Å². The number of hydrogen-bond donors (Lipinski definition) is 1. The molecule has 0 saturated heterocycles. The molecule has 11 heteroatoms. The molecule has 3 rings (SSSR count). The van der Waals surface area contributed by atoms with E-state index in [9.17, 15) is 41.0 Å². The molecule has 31 heavy (non-hydrogen) atoms. The smallest absolute Gasteiger partial charge is 0.333 e. The van der Waals surface area contributed by atoms with Gasteiger partial charge in [-0.25, -0.2) is 31.1 Å². The Bertz CT molecular complexity index is 1200. The topological polar surface area (TPSA) is 64.2 Å². The molecule has 0 radical (unpaired) electrons. The van der Waals surface area contributed by atoms with Crippen molar-refractivity contribution in [1.82, 2.24) is 9.13 Å². The molecule has 0 amide bonds. The standard InChI is InChI=1S/C20H14F6N2O3/c21-12-1-10(2-13(22)5-12)16(25)8-27-18(29)7-19(30)28(20(27)31)9-17(26)11-3-14(23)6-15(24)4-11/h1-7,16-17,29H,8-9H2/t16-,17-/m0/s1. The quantitative estimate of drug-likeness (QED) is 0.590. The second-order valence-electron chi connectivity index (χ2n) is 6.69. The van der Waals surface area contributed by atoms with Gasteiger partial charge < -0.3 is 5.11 Å². The third kappa shape index (κ3) is 4.98. The van der Waals surface area contributed by atoms with Crippen molar-refractivity contribution >= 4 is 0 Å². The highest BCUT2D eigenvalue weighted by Crippen LogP contribution is 2.23. The maximum atomic E-state index is 14.5. The molecular weight excluding hydrogens is 430 g/mol. The normalized spacial score (nSPS) is 13.2. The van der Waals surface area contributed by atoms with Crippen molar-refractivity contribution in [3.05, 3.63) is 97.7 Å². The lowest BCUT2D eigenvalue weighted by Gasteiger charge is -2.16. The number of benzene rings is 2. The molecule has 1 N–H and O–H groups in total. The Morgan fingerprint density at radius 1 is 0.677 bits per heavy atom. The second-order valence-corrected chi connectivity index (χ2v) is 6.69. The van der Waals surface area contributed by atoms with Crippen LogP contribution in [-0.4, -0.2) is 14.2 Å². The summed E-state index contributed by atoms with van der Waals surface area (Å²) in [5.74, 6) is -5.24. The van der Waals surface area contributed by atoms with Gasteiger partial charge in [-0.15, -0.1) is 0 Å². The van der Waals surface area contributed by atoms with Crippen LogP contribution in [0.15, 0.2) is 52.1 Å². The first-order chi connectivity index (χ1) is 14.5. The fourth-order valence-corrected chi connectivity index (χ4v) is 2.99. The summed E-state index contributed by atoms with van der Waals surface area (Å²) in [6.45, 7) is -1.92. The summed E-state index contributed by atoms with van der Waals surface area (Å²) < 4.78 is 82.9. The molecular formula is C20H14F6N2O3. The van der Waals surface area contributed by atoms with Crippen molar-refractivity contribution in [2.45, 2.75) is 25.4 Å². The van der Waals surface area contributed by atoms with Gasteiger partial charge in [-0.3, -0.25) is 13.9 Å². The van der Waals surface area contributed by atoms with Crippen LogP contribution in [0.25, 0.3) is 0 Å². The van der Waals surface area contributed by atoms with Crippen molar-refractivity contribution in [3.63, 3.8) is 0 Å². The van der Waals surface area contributed by atoms with Crippen molar-refractivity contribution in [2.75, 3.05) is 0 Å². The van der Waals surface area contributed by atoms with E-state index >= 15 is 0 Å². The fourth-order valence-electron chi connectivity index (χ4n) is 2.99. The number of hydrogen-bond acceptors (Lipinski definition) is 3. The Kier molecular flexibility index (Phi) is 6.23. The molecule has 1 aromatic heterocycles. The summed E-state index contributed by atoms with van der Waals surface area (Å²) in [5.41, 5.74) is -3.43. The number of nitrogens with zero attached hydrogens (tertiary/aromatic N) is 2. The van der Waals surface area contributed by atoms with Gasteiger partial charge in [-0.2, -0.15) is 0 Å². The molecule has 0 bridgehead atoms.